The molecule has 0 radical (unpaired) electrons. The zero-order valence-electron chi connectivity index (χ0n) is 8.36. The number of fused-ring (bicyclic) bond motifs is 1. The van der Waals surface area contributed by atoms with Crippen molar-refractivity contribution in [2.24, 2.45) is 5.16 Å². The maximum Gasteiger partial charge on any atom is 0.294 e. The van der Waals surface area contributed by atoms with Crippen molar-refractivity contribution in [3.05, 3.63) is 35.4 Å². The molecule has 17 heavy (non-hydrogen) atoms. The normalized spacial score (nSPS) is 17.2. The van der Waals surface area contributed by atoms with Gasteiger partial charge in [-0.2, -0.15) is 8.42 Å². The van der Waals surface area contributed by atoms with Crippen molar-refractivity contribution in [2.45, 2.75) is 4.90 Å². The predicted molar refractivity (Wildman–Crippen MR) is 58.6 cm³/mol. The number of benzene rings is 1. The lowest BCUT2D eigenvalue weighted by Gasteiger charge is -2.11. The molecule has 2 N–H and O–H groups in total. The lowest BCUT2D eigenvalue weighted by Crippen LogP contribution is -2.18. The van der Waals surface area contributed by atoms with Crippen LogP contribution in [-0.4, -0.2) is 29.7 Å². The lowest BCUT2D eigenvalue weighted by molar-refractivity contribution is -0.108. The molecule has 0 saturated heterocycles. The maximum atomic E-state index is 11.3. The third kappa shape index (κ3) is 1.97. The minimum atomic E-state index is -4.30. The Morgan fingerprint density at radius 2 is 1.88 bits per heavy atom. The maximum absolute atomic E-state index is 11.3. The minimum absolute atomic E-state index is 0.163. The average molecular weight is 253 g/mol. The molecule has 0 spiro atoms. The molecule has 0 bridgehead atoms. The summed E-state index contributed by atoms with van der Waals surface area (Å²) < 4.78 is 30.7. The van der Waals surface area contributed by atoms with Crippen molar-refractivity contribution < 1.29 is 23.0 Å². The van der Waals surface area contributed by atoms with Crippen LogP contribution in [0.2, 0.25) is 0 Å². The Morgan fingerprint density at radius 1 is 1.18 bits per heavy atom. The summed E-state index contributed by atoms with van der Waals surface area (Å²) in [5.74, 6) is -0.473. The Balaban J connectivity index is 2.67. The molecule has 1 aromatic rings. The van der Waals surface area contributed by atoms with Crippen LogP contribution in [-0.2, 0) is 14.9 Å². The highest BCUT2D eigenvalue weighted by molar-refractivity contribution is 7.85. The number of carbonyl (C=O) groups excluding carboxylic acids is 1. The van der Waals surface area contributed by atoms with Gasteiger partial charge in [0.15, 0.2) is 5.71 Å². The molecule has 0 amide bonds. The largest absolute Gasteiger partial charge is 0.410 e. The second-order valence-electron chi connectivity index (χ2n) is 3.37. The number of rotatable bonds is 1. The SMILES string of the molecule is O=C1C=Cc2cc(S(=O)(=O)O)ccc2/C1=N/O. The van der Waals surface area contributed by atoms with Crippen molar-refractivity contribution in [2.75, 3.05) is 0 Å². The first-order valence-electron chi connectivity index (χ1n) is 4.50. The van der Waals surface area contributed by atoms with Crippen LogP contribution >= 0.6 is 0 Å². The molecule has 1 aromatic carbocycles. The van der Waals surface area contributed by atoms with Crippen LogP contribution in [0, 0.1) is 0 Å². The van der Waals surface area contributed by atoms with Crippen LogP contribution in [0.25, 0.3) is 6.08 Å². The molecule has 1 aliphatic rings. The summed E-state index contributed by atoms with van der Waals surface area (Å²) in [6, 6.07) is 3.62. The minimum Gasteiger partial charge on any atom is -0.410 e. The Kier molecular flexibility index (Phi) is 2.56. The zero-order chi connectivity index (χ0) is 12.6. The van der Waals surface area contributed by atoms with E-state index in [9.17, 15) is 13.2 Å². The molecule has 0 unspecified atom stereocenters. The van der Waals surface area contributed by atoms with E-state index in [1.807, 2.05) is 0 Å². The van der Waals surface area contributed by atoms with E-state index < -0.39 is 15.9 Å². The van der Waals surface area contributed by atoms with E-state index in [-0.39, 0.29) is 10.6 Å². The Bertz CT molecular complexity index is 657. The molecule has 7 heteroatoms. The van der Waals surface area contributed by atoms with Crippen molar-refractivity contribution >= 4 is 27.7 Å². The van der Waals surface area contributed by atoms with Gasteiger partial charge in [0.25, 0.3) is 10.1 Å². The molecular weight excluding hydrogens is 246 g/mol. The second-order valence-corrected chi connectivity index (χ2v) is 4.79. The first kappa shape index (κ1) is 11.5. The highest BCUT2D eigenvalue weighted by Crippen LogP contribution is 2.21. The van der Waals surface area contributed by atoms with Gasteiger partial charge in [0.05, 0.1) is 4.90 Å². The Morgan fingerprint density at radius 3 is 2.47 bits per heavy atom. The fraction of sp³-hybridized carbons (Fsp3) is 0. The summed E-state index contributed by atoms with van der Waals surface area (Å²) >= 11 is 0. The highest BCUT2D eigenvalue weighted by atomic mass is 32.2. The topological polar surface area (TPSA) is 104 Å². The first-order valence-corrected chi connectivity index (χ1v) is 5.94. The van der Waals surface area contributed by atoms with Crippen LogP contribution in [0.1, 0.15) is 11.1 Å². The number of hydrogen-bond donors (Lipinski definition) is 2. The van der Waals surface area contributed by atoms with E-state index in [1.54, 1.807) is 0 Å². The number of carbonyl (C=O) groups is 1. The van der Waals surface area contributed by atoms with Crippen LogP contribution in [0.3, 0.4) is 0 Å². The van der Waals surface area contributed by atoms with Gasteiger partial charge in [-0.1, -0.05) is 17.3 Å². The Hall–Kier alpha value is -1.99. The smallest absolute Gasteiger partial charge is 0.294 e. The monoisotopic (exact) mass is 253 g/mol. The standard InChI is InChI=1S/C10H7NO5S/c12-9-4-1-6-5-7(17(14,15)16)2-3-8(6)10(9)11-13/h1-5,13H,(H,14,15,16)/b11-10-. The molecule has 0 atom stereocenters. The summed E-state index contributed by atoms with van der Waals surface area (Å²) in [6.07, 6.45) is 2.55. The van der Waals surface area contributed by atoms with Crippen molar-refractivity contribution in [1.82, 2.24) is 0 Å². The predicted octanol–water partition coefficient (Wildman–Crippen LogP) is 0.708. The molecule has 88 valence electrons. The molecule has 0 aromatic heterocycles. The van der Waals surface area contributed by atoms with E-state index in [0.717, 1.165) is 12.1 Å². The van der Waals surface area contributed by atoms with Gasteiger partial charge in [-0.3, -0.25) is 9.35 Å². The first-order chi connectivity index (χ1) is 7.93. The molecular formula is C10H7NO5S. The van der Waals surface area contributed by atoms with E-state index in [1.165, 1.54) is 18.2 Å². The summed E-state index contributed by atoms with van der Waals surface area (Å²) in [7, 11) is -4.30. The molecule has 0 aliphatic heterocycles. The van der Waals surface area contributed by atoms with Gasteiger partial charge in [0.1, 0.15) is 0 Å². The number of nitrogens with zero attached hydrogens (tertiary/aromatic N) is 1. The van der Waals surface area contributed by atoms with E-state index in [2.05, 4.69) is 5.16 Å². The van der Waals surface area contributed by atoms with E-state index in [4.69, 9.17) is 9.76 Å². The van der Waals surface area contributed by atoms with Gasteiger partial charge in [0.2, 0.25) is 5.78 Å². The van der Waals surface area contributed by atoms with Crippen LogP contribution in [0.4, 0.5) is 0 Å². The molecule has 6 nitrogen and oxygen atoms in total. The Labute approximate surface area is 96.6 Å². The molecule has 2 rings (SSSR count). The zero-order valence-corrected chi connectivity index (χ0v) is 9.18. The van der Waals surface area contributed by atoms with Gasteiger partial charge in [-0.25, -0.2) is 0 Å². The summed E-state index contributed by atoms with van der Waals surface area (Å²) in [4.78, 5) is 11.0. The quantitative estimate of drug-likeness (QED) is 0.435. The molecule has 0 fully saturated rings. The summed E-state index contributed by atoms with van der Waals surface area (Å²) in [6.45, 7) is 0. The number of hydrogen-bond acceptors (Lipinski definition) is 5. The van der Waals surface area contributed by atoms with Crippen molar-refractivity contribution in [3.8, 4) is 0 Å². The number of allylic oxidation sites excluding steroid dienone is 1. The third-order valence-corrected chi connectivity index (χ3v) is 3.17. The molecule has 0 heterocycles. The van der Waals surface area contributed by atoms with E-state index in [0.29, 0.717) is 11.1 Å². The second kappa shape index (κ2) is 3.79. The summed E-state index contributed by atoms with van der Waals surface area (Å²) in [5, 5.41) is 11.6. The third-order valence-electron chi connectivity index (χ3n) is 2.32. The fourth-order valence-corrected chi connectivity index (χ4v) is 2.05. The molecule has 0 saturated carbocycles. The van der Waals surface area contributed by atoms with Gasteiger partial charge < -0.3 is 5.21 Å². The highest BCUT2D eigenvalue weighted by Gasteiger charge is 2.21. The average Bonchev–Trinajstić information content (AvgIpc) is 2.27. The van der Waals surface area contributed by atoms with Crippen molar-refractivity contribution in [3.63, 3.8) is 0 Å². The van der Waals surface area contributed by atoms with E-state index >= 15 is 0 Å². The molecule has 1 aliphatic carbocycles. The lowest BCUT2D eigenvalue weighted by atomic mass is 9.95. The summed E-state index contributed by atoms with van der Waals surface area (Å²) in [5.41, 5.74) is 0.532. The number of oxime groups is 1. The van der Waals surface area contributed by atoms with Crippen molar-refractivity contribution in [1.29, 1.82) is 0 Å². The number of ketones is 1. The van der Waals surface area contributed by atoms with Crippen LogP contribution in [0.5, 0.6) is 0 Å². The fourth-order valence-electron chi connectivity index (χ4n) is 1.54. The van der Waals surface area contributed by atoms with Gasteiger partial charge in [-0.05, 0) is 23.8 Å². The van der Waals surface area contributed by atoms with Gasteiger partial charge in [-0.15, -0.1) is 0 Å². The van der Waals surface area contributed by atoms with Crippen LogP contribution in [0.15, 0.2) is 34.3 Å². The van der Waals surface area contributed by atoms with Crippen LogP contribution < -0.4 is 0 Å². The van der Waals surface area contributed by atoms with Gasteiger partial charge in [0, 0.05) is 5.56 Å². The van der Waals surface area contributed by atoms with Gasteiger partial charge >= 0.3 is 0 Å².